The molecule has 2 heteroatoms. The first-order chi connectivity index (χ1) is 4.88. The lowest BCUT2D eigenvalue weighted by molar-refractivity contribution is 0.616. The lowest BCUT2D eigenvalue weighted by Gasteiger charge is -2.00. The number of hydrogen-bond donors (Lipinski definition) is 0. The van der Waals surface area contributed by atoms with Gasteiger partial charge < -0.3 is 0 Å². The van der Waals surface area contributed by atoms with Gasteiger partial charge in [0.15, 0.2) is 0 Å². The molecule has 1 aromatic heterocycles. The van der Waals surface area contributed by atoms with Crippen LogP contribution in [0.4, 0.5) is 0 Å². The predicted octanol–water partition coefficient (Wildman–Crippen LogP) is 1.86. The molecule has 0 fully saturated rings. The number of aryl methyl sites for hydroxylation is 2. The van der Waals surface area contributed by atoms with Crippen molar-refractivity contribution in [3.63, 3.8) is 0 Å². The third kappa shape index (κ3) is 1.38. The minimum absolute atomic E-state index is 0.988. The van der Waals surface area contributed by atoms with E-state index < -0.39 is 0 Å². The van der Waals surface area contributed by atoms with E-state index in [-0.39, 0.29) is 0 Å². The normalized spacial score (nSPS) is 10.2. The Hall–Kier alpha value is -0.790. The SMILES string of the molecule is CCCc1ccnn1CC. The zero-order valence-electron chi connectivity index (χ0n) is 6.67. The predicted molar refractivity (Wildman–Crippen MR) is 41.9 cm³/mol. The van der Waals surface area contributed by atoms with Crippen LogP contribution in [0.3, 0.4) is 0 Å². The summed E-state index contributed by atoms with van der Waals surface area (Å²) in [5.41, 5.74) is 1.35. The summed E-state index contributed by atoms with van der Waals surface area (Å²) in [6.45, 7) is 5.29. The minimum Gasteiger partial charge on any atom is -0.270 e. The van der Waals surface area contributed by atoms with Crippen molar-refractivity contribution in [3.05, 3.63) is 18.0 Å². The molecule has 2 nitrogen and oxygen atoms in total. The average molecular weight is 138 g/mol. The van der Waals surface area contributed by atoms with Gasteiger partial charge in [-0.2, -0.15) is 5.10 Å². The van der Waals surface area contributed by atoms with Gasteiger partial charge in [0.25, 0.3) is 0 Å². The summed E-state index contributed by atoms with van der Waals surface area (Å²) in [5, 5.41) is 4.17. The van der Waals surface area contributed by atoms with Crippen LogP contribution in [0.2, 0.25) is 0 Å². The maximum absolute atomic E-state index is 4.17. The van der Waals surface area contributed by atoms with Gasteiger partial charge >= 0.3 is 0 Å². The van der Waals surface area contributed by atoms with E-state index in [0.29, 0.717) is 0 Å². The van der Waals surface area contributed by atoms with Gasteiger partial charge in [-0.1, -0.05) is 13.3 Å². The molecule has 0 saturated carbocycles. The van der Waals surface area contributed by atoms with Crippen molar-refractivity contribution in [2.45, 2.75) is 33.2 Å². The quantitative estimate of drug-likeness (QED) is 0.623. The summed E-state index contributed by atoms with van der Waals surface area (Å²) in [6.07, 6.45) is 4.22. The number of aromatic nitrogens is 2. The van der Waals surface area contributed by atoms with Gasteiger partial charge in [0, 0.05) is 18.4 Å². The smallest absolute Gasteiger partial charge is 0.0492 e. The van der Waals surface area contributed by atoms with Crippen molar-refractivity contribution in [3.8, 4) is 0 Å². The van der Waals surface area contributed by atoms with E-state index in [4.69, 9.17) is 0 Å². The third-order valence-corrected chi connectivity index (χ3v) is 1.61. The Labute approximate surface area is 61.9 Å². The van der Waals surface area contributed by atoms with Crippen molar-refractivity contribution in [1.29, 1.82) is 0 Å². The molecule has 0 N–H and O–H groups in total. The first-order valence-electron chi connectivity index (χ1n) is 3.89. The molecule has 10 heavy (non-hydrogen) atoms. The summed E-state index contributed by atoms with van der Waals surface area (Å²) < 4.78 is 2.05. The van der Waals surface area contributed by atoms with E-state index in [1.54, 1.807) is 0 Å². The average Bonchev–Trinajstić information content (AvgIpc) is 2.36. The highest BCUT2D eigenvalue weighted by Crippen LogP contribution is 2.01. The van der Waals surface area contributed by atoms with Gasteiger partial charge in [0.05, 0.1) is 0 Å². The molecule has 0 saturated heterocycles. The summed E-state index contributed by atoms with van der Waals surface area (Å²) in [7, 11) is 0. The molecule has 0 aromatic carbocycles. The number of nitrogens with zero attached hydrogens (tertiary/aromatic N) is 2. The summed E-state index contributed by atoms with van der Waals surface area (Å²) in [4.78, 5) is 0. The molecule has 0 amide bonds. The van der Waals surface area contributed by atoms with Crippen LogP contribution in [0.15, 0.2) is 12.3 Å². The Morgan fingerprint density at radius 1 is 1.50 bits per heavy atom. The zero-order valence-corrected chi connectivity index (χ0v) is 6.67. The molecule has 56 valence electrons. The largest absolute Gasteiger partial charge is 0.270 e. The minimum atomic E-state index is 0.988. The lowest BCUT2D eigenvalue weighted by Crippen LogP contribution is -2.01. The van der Waals surface area contributed by atoms with Crippen LogP contribution in [0.25, 0.3) is 0 Å². The van der Waals surface area contributed by atoms with Gasteiger partial charge in [-0.05, 0) is 19.4 Å². The second-order valence-corrected chi connectivity index (χ2v) is 2.39. The first kappa shape index (κ1) is 7.32. The second-order valence-electron chi connectivity index (χ2n) is 2.39. The van der Waals surface area contributed by atoms with Gasteiger partial charge in [0.2, 0.25) is 0 Å². The van der Waals surface area contributed by atoms with Crippen molar-refractivity contribution in [2.75, 3.05) is 0 Å². The van der Waals surface area contributed by atoms with Crippen molar-refractivity contribution in [2.24, 2.45) is 0 Å². The highest BCUT2D eigenvalue weighted by atomic mass is 15.3. The van der Waals surface area contributed by atoms with Crippen LogP contribution in [-0.4, -0.2) is 9.78 Å². The standard InChI is InChI=1S/C8H14N2/c1-3-5-8-6-7-9-10(8)4-2/h6-7H,3-5H2,1-2H3. The third-order valence-electron chi connectivity index (χ3n) is 1.61. The molecular formula is C8H14N2. The van der Waals surface area contributed by atoms with E-state index in [1.807, 2.05) is 10.9 Å². The Bertz CT molecular complexity index is 191. The molecule has 0 bridgehead atoms. The van der Waals surface area contributed by atoms with E-state index in [2.05, 4.69) is 25.0 Å². The Morgan fingerprint density at radius 3 is 2.90 bits per heavy atom. The van der Waals surface area contributed by atoms with Crippen LogP contribution >= 0.6 is 0 Å². The van der Waals surface area contributed by atoms with Crippen LogP contribution in [-0.2, 0) is 13.0 Å². The fourth-order valence-electron chi connectivity index (χ4n) is 1.11. The maximum atomic E-state index is 4.17. The Kier molecular flexibility index (Phi) is 2.49. The topological polar surface area (TPSA) is 17.8 Å². The summed E-state index contributed by atoms with van der Waals surface area (Å²) in [5.74, 6) is 0. The summed E-state index contributed by atoms with van der Waals surface area (Å²) in [6, 6.07) is 2.09. The first-order valence-corrected chi connectivity index (χ1v) is 3.89. The highest BCUT2D eigenvalue weighted by molar-refractivity contribution is 4.99. The summed E-state index contributed by atoms with van der Waals surface area (Å²) >= 11 is 0. The number of rotatable bonds is 3. The zero-order chi connectivity index (χ0) is 7.40. The van der Waals surface area contributed by atoms with Gasteiger partial charge in [0.1, 0.15) is 0 Å². The van der Waals surface area contributed by atoms with Crippen LogP contribution in [0.5, 0.6) is 0 Å². The molecule has 0 aliphatic heterocycles. The van der Waals surface area contributed by atoms with Crippen LogP contribution in [0.1, 0.15) is 26.0 Å². The van der Waals surface area contributed by atoms with Gasteiger partial charge in [-0.25, -0.2) is 0 Å². The van der Waals surface area contributed by atoms with E-state index in [1.165, 1.54) is 12.1 Å². The maximum Gasteiger partial charge on any atom is 0.0492 e. The second kappa shape index (κ2) is 3.40. The molecule has 1 rings (SSSR count). The Morgan fingerprint density at radius 2 is 2.30 bits per heavy atom. The molecule has 0 aliphatic carbocycles. The molecule has 0 unspecified atom stereocenters. The fraction of sp³-hybridized carbons (Fsp3) is 0.625. The van der Waals surface area contributed by atoms with E-state index in [0.717, 1.165) is 13.0 Å². The molecule has 0 atom stereocenters. The van der Waals surface area contributed by atoms with E-state index >= 15 is 0 Å². The highest BCUT2D eigenvalue weighted by Gasteiger charge is 1.96. The van der Waals surface area contributed by atoms with E-state index in [9.17, 15) is 0 Å². The number of hydrogen-bond acceptors (Lipinski definition) is 1. The molecule has 1 aromatic rings. The van der Waals surface area contributed by atoms with Crippen molar-refractivity contribution >= 4 is 0 Å². The Balaban J connectivity index is 2.70. The van der Waals surface area contributed by atoms with Crippen molar-refractivity contribution in [1.82, 2.24) is 9.78 Å². The van der Waals surface area contributed by atoms with Gasteiger partial charge in [-0.3, -0.25) is 4.68 Å². The fourth-order valence-corrected chi connectivity index (χ4v) is 1.11. The molecule has 1 heterocycles. The molecule has 0 radical (unpaired) electrons. The molecular weight excluding hydrogens is 124 g/mol. The van der Waals surface area contributed by atoms with Crippen LogP contribution < -0.4 is 0 Å². The molecule has 0 spiro atoms. The van der Waals surface area contributed by atoms with Gasteiger partial charge in [-0.15, -0.1) is 0 Å². The van der Waals surface area contributed by atoms with Crippen molar-refractivity contribution < 1.29 is 0 Å². The molecule has 0 aliphatic rings. The lowest BCUT2D eigenvalue weighted by atomic mass is 10.2. The van der Waals surface area contributed by atoms with Crippen LogP contribution in [0, 0.1) is 0 Å². The monoisotopic (exact) mass is 138 g/mol.